The molecule has 0 nitrogen and oxygen atoms in total. The standard InChI is InChI=1S/C15H22/c1-12(2)10-11-13-8-6-7-9-14(13)15(3,4)5/h6-12H,1-5H3/b11-10+. The van der Waals surface area contributed by atoms with E-state index in [0.29, 0.717) is 5.92 Å². The van der Waals surface area contributed by atoms with E-state index in [0.717, 1.165) is 0 Å². The van der Waals surface area contributed by atoms with Crippen LogP contribution in [0, 0.1) is 5.92 Å². The molecular weight excluding hydrogens is 180 g/mol. The monoisotopic (exact) mass is 202 g/mol. The second-order valence-electron chi connectivity index (χ2n) is 5.44. The number of hydrogen-bond acceptors (Lipinski definition) is 0. The second-order valence-corrected chi connectivity index (χ2v) is 5.44. The highest BCUT2D eigenvalue weighted by atomic mass is 14.2. The van der Waals surface area contributed by atoms with Crippen LogP contribution in [0.5, 0.6) is 0 Å². The Morgan fingerprint density at radius 2 is 1.67 bits per heavy atom. The topological polar surface area (TPSA) is 0 Å². The highest BCUT2D eigenvalue weighted by Gasteiger charge is 2.15. The maximum absolute atomic E-state index is 2.26. The summed E-state index contributed by atoms with van der Waals surface area (Å²) in [5, 5.41) is 0. The average Bonchev–Trinajstić information content (AvgIpc) is 2.13. The minimum atomic E-state index is 0.220. The van der Waals surface area contributed by atoms with Gasteiger partial charge in [-0.2, -0.15) is 0 Å². The Morgan fingerprint density at radius 3 is 2.20 bits per heavy atom. The molecule has 1 aromatic carbocycles. The molecule has 1 rings (SSSR count). The smallest absolute Gasteiger partial charge is 0.0126 e. The second kappa shape index (κ2) is 4.65. The van der Waals surface area contributed by atoms with Crippen LogP contribution >= 0.6 is 0 Å². The SMILES string of the molecule is CC(C)/C=C/c1ccccc1C(C)(C)C. The van der Waals surface area contributed by atoms with Gasteiger partial charge in [0.05, 0.1) is 0 Å². The summed E-state index contributed by atoms with van der Waals surface area (Å²) in [6, 6.07) is 8.64. The van der Waals surface area contributed by atoms with Crippen molar-refractivity contribution in [2.75, 3.05) is 0 Å². The minimum absolute atomic E-state index is 0.220. The minimum Gasteiger partial charge on any atom is -0.0814 e. The van der Waals surface area contributed by atoms with E-state index < -0.39 is 0 Å². The van der Waals surface area contributed by atoms with Gasteiger partial charge in [0.25, 0.3) is 0 Å². The molecule has 15 heavy (non-hydrogen) atoms. The molecule has 0 aliphatic carbocycles. The fraction of sp³-hybridized carbons (Fsp3) is 0.467. The van der Waals surface area contributed by atoms with Crippen molar-refractivity contribution in [2.24, 2.45) is 5.92 Å². The van der Waals surface area contributed by atoms with Crippen LogP contribution in [-0.2, 0) is 5.41 Å². The number of hydrogen-bond donors (Lipinski definition) is 0. The summed E-state index contributed by atoms with van der Waals surface area (Å²) in [6.45, 7) is 11.2. The van der Waals surface area contributed by atoms with Crippen LogP contribution in [-0.4, -0.2) is 0 Å². The first-order valence-corrected chi connectivity index (χ1v) is 5.69. The van der Waals surface area contributed by atoms with Gasteiger partial charge in [-0.3, -0.25) is 0 Å². The lowest BCUT2D eigenvalue weighted by Gasteiger charge is -2.21. The van der Waals surface area contributed by atoms with Crippen LogP contribution in [0.2, 0.25) is 0 Å². The average molecular weight is 202 g/mol. The molecule has 0 saturated carbocycles. The third kappa shape index (κ3) is 3.54. The summed E-state index contributed by atoms with van der Waals surface area (Å²) >= 11 is 0. The summed E-state index contributed by atoms with van der Waals surface area (Å²) in [5.74, 6) is 0.609. The zero-order valence-electron chi connectivity index (χ0n) is 10.5. The Balaban J connectivity index is 3.08. The molecule has 0 radical (unpaired) electrons. The zero-order valence-corrected chi connectivity index (χ0v) is 10.5. The van der Waals surface area contributed by atoms with Crippen LogP contribution in [0.15, 0.2) is 30.3 Å². The van der Waals surface area contributed by atoms with Crippen LogP contribution in [0.4, 0.5) is 0 Å². The molecule has 1 aromatic rings. The van der Waals surface area contributed by atoms with Crippen LogP contribution < -0.4 is 0 Å². The van der Waals surface area contributed by atoms with Gasteiger partial charge >= 0.3 is 0 Å². The Bertz CT molecular complexity index is 337. The Hall–Kier alpha value is -1.04. The summed E-state index contributed by atoms with van der Waals surface area (Å²) in [4.78, 5) is 0. The van der Waals surface area contributed by atoms with E-state index in [-0.39, 0.29) is 5.41 Å². The molecule has 0 fully saturated rings. The van der Waals surface area contributed by atoms with Gasteiger partial charge < -0.3 is 0 Å². The summed E-state index contributed by atoms with van der Waals surface area (Å²) in [6.07, 6.45) is 4.50. The molecule has 0 heterocycles. The lowest BCUT2D eigenvalue weighted by molar-refractivity contribution is 0.589. The molecular formula is C15H22. The number of benzene rings is 1. The summed E-state index contributed by atoms with van der Waals surface area (Å²) in [7, 11) is 0. The zero-order chi connectivity index (χ0) is 11.5. The van der Waals surface area contributed by atoms with Crippen molar-refractivity contribution in [2.45, 2.75) is 40.0 Å². The van der Waals surface area contributed by atoms with Crippen LogP contribution in [0.25, 0.3) is 6.08 Å². The van der Waals surface area contributed by atoms with Gasteiger partial charge in [-0.1, -0.05) is 71.0 Å². The molecule has 0 spiro atoms. The van der Waals surface area contributed by atoms with Crippen molar-refractivity contribution < 1.29 is 0 Å². The first-order chi connectivity index (χ1) is 6.91. The highest BCUT2D eigenvalue weighted by Crippen LogP contribution is 2.26. The molecule has 0 aliphatic heterocycles. The maximum atomic E-state index is 2.26. The predicted molar refractivity (Wildman–Crippen MR) is 69.0 cm³/mol. The lowest BCUT2D eigenvalue weighted by atomic mass is 9.83. The number of allylic oxidation sites excluding steroid dienone is 1. The Kier molecular flexibility index (Phi) is 3.73. The Labute approximate surface area is 94.0 Å². The normalized spacial score (nSPS) is 12.7. The third-order valence-electron chi connectivity index (χ3n) is 2.43. The van der Waals surface area contributed by atoms with Crippen molar-refractivity contribution in [3.05, 3.63) is 41.5 Å². The van der Waals surface area contributed by atoms with Crippen LogP contribution in [0.3, 0.4) is 0 Å². The maximum Gasteiger partial charge on any atom is -0.0126 e. The van der Waals surface area contributed by atoms with E-state index in [4.69, 9.17) is 0 Å². The molecule has 0 aliphatic rings. The fourth-order valence-electron chi connectivity index (χ4n) is 1.62. The first kappa shape index (κ1) is 12.0. The van der Waals surface area contributed by atoms with Crippen molar-refractivity contribution in [1.29, 1.82) is 0 Å². The van der Waals surface area contributed by atoms with E-state index >= 15 is 0 Å². The highest BCUT2D eigenvalue weighted by molar-refractivity contribution is 5.55. The molecule has 0 atom stereocenters. The lowest BCUT2D eigenvalue weighted by Crippen LogP contribution is -2.12. The van der Waals surface area contributed by atoms with Crippen molar-refractivity contribution in [3.8, 4) is 0 Å². The predicted octanol–water partition coefficient (Wildman–Crippen LogP) is 4.65. The van der Waals surface area contributed by atoms with Gasteiger partial charge in [0, 0.05) is 0 Å². The molecule has 82 valence electrons. The molecule has 0 amide bonds. The van der Waals surface area contributed by atoms with Gasteiger partial charge in [-0.05, 0) is 22.5 Å². The molecule has 0 heteroatoms. The molecule has 0 N–H and O–H groups in total. The summed E-state index contributed by atoms with van der Waals surface area (Å²) in [5.41, 5.74) is 2.98. The van der Waals surface area contributed by atoms with E-state index in [1.54, 1.807) is 0 Å². The van der Waals surface area contributed by atoms with E-state index in [1.807, 2.05) is 0 Å². The van der Waals surface area contributed by atoms with Crippen molar-refractivity contribution >= 4 is 6.08 Å². The Morgan fingerprint density at radius 1 is 1.07 bits per heavy atom. The van der Waals surface area contributed by atoms with Gasteiger partial charge in [-0.15, -0.1) is 0 Å². The molecule has 0 saturated heterocycles. The van der Waals surface area contributed by atoms with Gasteiger partial charge in [-0.25, -0.2) is 0 Å². The van der Waals surface area contributed by atoms with E-state index in [9.17, 15) is 0 Å². The molecule has 0 aromatic heterocycles. The van der Waals surface area contributed by atoms with Gasteiger partial charge in [0.1, 0.15) is 0 Å². The molecule has 0 bridgehead atoms. The quantitative estimate of drug-likeness (QED) is 0.654. The van der Waals surface area contributed by atoms with E-state index in [2.05, 4.69) is 71.0 Å². The number of rotatable bonds is 2. The van der Waals surface area contributed by atoms with Crippen molar-refractivity contribution in [1.82, 2.24) is 0 Å². The fourth-order valence-corrected chi connectivity index (χ4v) is 1.62. The third-order valence-corrected chi connectivity index (χ3v) is 2.43. The largest absolute Gasteiger partial charge is 0.0814 e. The van der Waals surface area contributed by atoms with Crippen LogP contribution in [0.1, 0.15) is 45.7 Å². The van der Waals surface area contributed by atoms with Gasteiger partial charge in [0.2, 0.25) is 0 Å². The first-order valence-electron chi connectivity index (χ1n) is 5.69. The molecule has 0 unspecified atom stereocenters. The van der Waals surface area contributed by atoms with E-state index in [1.165, 1.54) is 11.1 Å². The summed E-state index contributed by atoms with van der Waals surface area (Å²) < 4.78 is 0. The van der Waals surface area contributed by atoms with Gasteiger partial charge in [0.15, 0.2) is 0 Å². The van der Waals surface area contributed by atoms with Crippen molar-refractivity contribution in [3.63, 3.8) is 0 Å².